The molecule has 0 aromatic carbocycles. The summed E-state index contributed by atoms with van der Waals surface area (Å²) in [6, 6.07) is 0.254. The fraction of sp³-hybridized carbons (Fsp3) is 1.00. The lowest BCUT2D eigenvalue weighted by Gasteiger charge is -2.11. The quantitative estimate of drug-likeness (QED) is 0.569. The maximum atomic E-state index is 10.7. The highest BCUT2D eigenvalue weighted by Crippen LogP contribution is 1.91. The molecule has 4 nitrogen and oxygen atoms in total. The third-order valence-electron chi connectivity index (χ3n) is 1.75. The zero-order valence-corrected chi connectivity index (χ0v) is 9.10. The maximum Gasteiger partial charge on any atom is 0.147 e. The molecule has 0 spiro atoms. The smallest absolute Gasteiger partial charge is 0.147 e. The molecule has 2 N–H and O–H groups in total. The van der Waals surface area contributed by atoms with Crippen molar-refractivity contribution in [2.75, 3.05) is 25.2 Å². The van der Waals surface area contributed by atoms with E-state index in [1.165, 1.54) is 6.26 Å². The Labute approximate surface area is 80.3 Å². The predicted octanol–water partition coefficient (Wildman–Crippen LogP) is -0.218. The Hall–Kier alpha value is -0.130. The summed E-state index contributed by atoms with van der Waals surface area (Å²) in [7, 11) is -2.82. The van der Waals surface area contributed by atoms with Crippen LogP contribution in [0.25, 0.3) is 0 Å². The Balaban J connectivity index is 3.36. The molecule has 1 atom stereocenters. The maximum absolute atomic E-state index is 10.7. The highest BCUT2D eigenvalue weighted by molar-refractivity contribution is 7.90. The molecule has 13 heavy (non-hydrogen) atoms. The predicted molar refractivity (Wildman–Crippen MR) is 53.5 cm³/mol. The van der Waals surface area contributed by atoms with Crippen molar-refractivity contribution in [3.05, 3.63) is 0 Å². The minimum atomic E-state index is -2.82. The summed E-state index contributed by atoms with van der Waals surface area (Å²) < 4.78 is 21.5. The van der Waals surface area contributed by atoms with E-state index in [2.05, 4.69) is 5.32 Å². The highest BCUT2D eigenvalue weighted by Gasteiger charge is 2.02. The Morgan fingerprint density at radius 3 is 2.54 bits per heavy atom. The van der Waals surface area contributed by atoms with Crippen molar-refractivity contribution in [3.63, 3.8) is 0 Å². The second-order valence-electron chi connectivity index (χ2n) is 3.35. The molecular weight excluding hydrogens is 190 g/mol. The largest absolute Gasteiger partial charge is 0.396 e. The van der Waals surface area contributed by atoms with Crippen LogP contribution in [0.5, 0.6) is 0 Å². The van der Waals surface area contributed by atoms with E-state index >= 15 is 0 Å². The molecule has 0 aromatic rings. The standard InChI is InChI=1S/C8H19NO3S/c1-8(4-6-10)9-5-3-7-13(2,11)12/h8-10H,3-7H2,1-2H3. The van der Waals surface area contributed by atoms with Crippen molar-refractivity contribution in [1.82, 2.24) is 5.32 Å². The van der Waals surface area contributed by atoms with Crippen molar-refractivity contribution in [2.45, 2.75) is 25.8 Å². The first kappa shape index (κ1) is 12.9. The van der Waals surface area contributed by atoms with E-state index in [0.717, 1.165) is 0 Å². The van der Waals surface area contributed by atoms with Crippen molar-refractivity contribution >= 4 is 9.84 Å². The Kier molecular flexibility index (Phi) is 6.28. The third kappa shape index (κ3) is 9.79. The van der Waals surface area contributed by atoms with Gasteiger partial charge in [0.25, 0.3) is 0 Å². The molecule has 0 bridgehead atoms. The number of hydrogen-bond donors (Lipinski definition) is 2. The lowest BCUT2D eigenvalue weighted by molar-refractivity contribution is 0.269. The van der Waals surface area contributed by atoms with E-state index in [1.54, 1.807) is 0 Å². The van der Waals surface area contributed by atoms with Gasteiger partial charge in [-0.15, -0.1) is 0 Å². The Morgan fingerprint density at radius 1 is 1.46 bits per heavy atom. The number of sulfone groups is 1. The number of aliphatic hydroxyl groups excluding tert-OH is 1. The molecule has 1 unspecified atom stereocenters. The fourth-order valence-electron chi connectivity index (χ4n) is 0.979. The van der Waals surface area contributed by atoms with Crippen molar-refractivity contribution in [3.8, 4) is 0 Å². The average Bonchev–Trinajstić information content (AvgIpc) is 1.97. The molecule has 80 valence electrons. The molecule has 0 aliphatic heterocycles. The lowest BCUT2D eigenvalue weighted by atomic mass is 10.2. The molecule has 0 saturated heterocycles. The molecule has 0 fully saturated rings. The van der Waals surface area contributed by atoms with Crippen molar-refractivity contribution < 1.29 is 13.5 Å². The van der Waals surface area contributed by atoms with Crippen LogP contribution < -0.4 is 5.32 Å². The van der Waals surface area contributed by atoms with Crippen LogP contribution in [-0.2, 0) is 9.84 Å². The minimum Gasteiger partial charge on any atom is -0.396 e. The van der Waals surface area contributed by atoms with Crippen LogP contribution >= 0.6 is 0 Å². The van der Waals surface area contributed by atoms with Gasteiger partial charge in [0.15, 0.2) is 0 Å². The van der Waals surface area contributed by atoms with E-state index in [0.29, 0.717) is 19.4 Å². The summed E-state index contributed by atoms with van der Waals surface area (Å²) in [6.07, 6.45) is 2.58. The summed E-state index contributed by atoms with van der Waals surface area (Å²) in [4.78, 5) is 0. The van der Waals surface area contributed by atoms with Crippen LogP contribution in [0.3, 0.4) is 0 Å². The van der Waals surface area contributed by atoms with E-state index in [4.69, 9.17) is 5.11 Å². The van der Waals surface area contributed by atoms with Gasteiger partial charge in [0, 0.05) is 18.9 Å². The first-order chi connectivity index (χ1) is 5.95. The van der Waals surface area contributed by atoms with Crippen LogP contribution in [0.1, 0.15) is 19.8 Å². The summed E-state index contributed by atoms with van der Waals surface area (Å²) in [6.45, 7) is 2.82. The van der Waals surface area contributed by atoms with Gasteiger partial charge in [0.2, 0.25) is 0 Å². The molecule has 0 saturated carbocycles. The highest BCUT2D eigenvalue weighted by atomic mass is 32.2. The molecular formula is C8H19NO3S. The number of rotatable bonds is 7. The number of nitrogens with one attached hydrogen (secondary N) is 1. The SMILES string of the molecule is CC(CCO)NCCCS(C)(=O)=O. The molecule has 5 heteroatoms. The van der Waals surface area contributed by atoms with Crippen LogP contribution in [0.4, 0.5) is 0 Å². The van der Waals surface area contributed by atoms with Crippen molar-refractivity contribution in [2.24, 2.45) is 0 Å². The third-order valence-corrected chi connectivity index (χ3v) is 2.78. The van der Waals surface area contributed by atoms with Gasteiger partial charge >= 0.3 is 0 Å². The zero-order chi connectivity index (χ0) is 10.3. The minimum absolute atomic E-state index is 0.167. The monoisotopic (exact) mass is 209 g/mol. The summed E-state index contributed by atoms with van der Waals surface area (Å²) in [5, 5.41) is 11.7. The first-order valence-electron chi connectivity index (χ1n) is 4.47. The molecule has 0 radical (unpaired) electrons. The normalized spacial score (nSPS) is 14.4. The Bertz CT molecular complexity index is 213. The van der Waals surface area contributed by atoms with Gasteiger partial charge < -0.3 is 10.4 Å². The number of aliphatic hydroxyl groups is 1. The van der Waals surface area contributed by atoms with Crippen LogP contribution in [0.15, 0.2) is 0 Å². The summed E-state index contributed by atoms with van der Waals surface area (Å²) >= 11 is 0. The second kappa shape index (κ2) is 6.34. The second-order valence-corrected chi connectivity index (χ2v) is 5.61. The molecule has 0 aliphatic rings. The van der Waals surface area contributed by atoms with Gasteiger partial charge in [-0.3, -0.25) is 0 Å². The van der Waals surface area contributed by atoms with Gasteiger partial charge in [-0.05, 0) is 26.3 Å². The first-order valence-corrected chi connectivity index (χ1v) is 6.53. The molecule has 0 amide bonds. The van der Waals surface area contributed by atoms with Gasteiger partial charge in [-0.1, -0.05) is 0 Å². The van der Waals surface area contributed by atoms with Gasteiger partial charge in [0.05, 0.1) is 5.75 Å². The van der Waals surface area contributed by atoms with Crippen LogP contribution in [0.2, 0.25) is 0 Å². The van der Waals surface area contributed by atoms with Gasteiger partial charge in [0.1, 0.15) is 9.84 Å². The Morgan fingerprint density at radius 2 is 2.08 bits per heavy atom. The van der Waals surface area contributed by atoms with Crippen LogP contribution in [-0.4, -0.2) is 44.7 Å². The van der Waals surface area contributed by atoms with E-state index in [1.807, 2.05) is 6.92 Å². The zero-order valence-electron chi connectivity index (χ0n) is 8.28. The van der Waals surface area contributed by atoms with Gasteiger partial charge in [-0.2, -0.15) is 0 Å². The summed E-state index contributed by atoms with van der Waals surface area (Å²) in [5.74, 6) is 0.228. The average molecular weight is 209 g/mol. The molecule has 0 aliphatic carbocycles. The van der Waals surface area contributed by atoms with Gasteiger partial charge in [-0.25, -0.2) is 8.42 Å². The lowest BCUT2D eigenvalue weighted by Crippen LogP contribution is -2.28. The van der Waals surface area contributed by atoms with E-state index < -0.39 is 9.84 Å². The van der Waals surface area contributed by atoms with Crippen LogP contribution in [0, 0.1) is 0 Å². The molecule has 0 heterocycles. The number of hydrogen-bond acceptors (Lipinski definition) is 4. The fourth-order valence-corrected chi connectivity index (χ4v) is 1.65. The topological polar surface area (TPSA) is 66.4 Å². The summed E-state index contributed by atoms with van der Waals surface area (Å²) in [5.41, 5.74) is 0. The van der Waals surface area contributed by atoms with E-state index in [-0.39, 0.29) is 18.4 Å². The molecule has 0 aromatic heterocycles. The molecule has 0 rings (SSSR count). The van der Waals surface area contributed by atoms with E-state index in [9.17, 15) is 8.42 Å². The van der Waals surface area contributed by atoms with Crippen molar-refractivity contribution in [1.29, 1.82) is 0 Å².